The van der Waals surface area contributed by atoms with E-state index in [1.165, 1.54) is 45.2 Å². The molecule has 0 spiro atoms. The third kappa shape index (κ3) is 2.43. The van der Waals surface area contributed by atoms with Crippen LogP contribution < -0.4 is 5.32 Å². The van der Waals surface area contributed by atoms with E-state index >= 15 is 0 Å². The summed E-state index contributed by atoms with van der Waals surface area (Å²) >= 11 is 0. The van der Waals surface area contributed by atoms with Crippen LogP contribution in [0.1, 0.15) is 52.9 Å². The Hall–Kier alpha value is -0.0800. The number of rotatable bonds is 4. The number of nitrogens with one attached hydrogen (secondary N) is 1. The van der Waals surface area contributed by atoms with E-state index in [1.807, 2.05) is 0 Å². The fraction of sp³-hybridized carbons (Fsp3) is 1.00. The summed E-state index contributed by atoms with van der Waals surface area (Å²) < 4.78 is 0. The molecule has 0 bridgehead atoms. The van der Waals surface area contributed by atoms with Gasteiger partial charge in [0.25, 0.3) is 0 Å². The SMILES string of the molecule is CCC1CN(C(C)C2CCC2)C(CC)CN1. The average molecular weight is 224 g/mol. The van der Waals surface area contributed by atoms with Gasteiger partial charge in [0.15, 0.2) is 0 Å². The summed E-state index contributed by atoms with van der Waals surface area (Å²) in [4.78, 5) is 2.80. The first-order valence-corrected chi connectivity index (χ1v) is 7.25. The molecule has 1 aliphatic heterocycles. The maximum atomic E-state index is 3.69. The van der Waals surface area contributed by atoms with Crippen molar-refractivity contribution in [3.05, 3.63) is 0 Å². The molecule has 94 valence electrons. The number of hydrogen-bond donors (Lipinski definition) is 1. The topological polar surface area (TPSA) is 15.3 Å². The first kappa shape index (κ1) is 12.4. The van der Waals surface area contributed by atoms with E-state index in [9.17, 15) is 0 Å². The molecule has 0 amide bonds. The molecule has 1 N–H and O–H groups in total. The summed E-state index contributed by atoms with van der Waals surface area (Å²) in [7, 11) is 0. The van der Waals surface area contributed by atoms with Crippen molar-refractivity contribution < 1.29 is 0 Å². The molecule has 1 saturated heterocycles. The lowest BCUT2D eigenvalue weighted by Crippen LogP contribution is -2.60. The van der Waals surface area contributed by atoms with E-state index in [1.54, 1.807) is 0 Å². The molecule has 0 aromatic rings. The van der Waals surface area contributed by atoms with E-state index in [0.717, 1.165) is 24.0 Å². The minimum Gasteiger partial charge on any atom is -0.311 e. The van der Waals surface area contributed by atoms with Crippen LogP contribution in [0.25, 0.3) is 0 Å². The highest BCUT2D eigenvalue weighted by Crippen LogP contribution is 2.33. The normalized spacial score (nSPS) is 34.7. The first-order valence-electron chi connectivity index (χ1n) is 7.25. The lowest BCUT2D eigenvalue weighted by molar-refractivity contribution is 0.0343. The van der Waals surface area contributed by atoms with Crippen LogP contribution >= 0.6 is 0 Å². The zero-order valence-electron chi connectivity index (χ0n) is 11.2. The van der Waals surface area contributed by atoms with Gasteiger partial charge in [-0.1, -0.05) is 20.3 Å². The van der Waals surface area contributed by atoms with Gasteiger partial charge in [0, 0.05) is 31.2 Å². The standard InChI is InChI=1S/C14H28N2/c1-4-13-10-16(14(5-2)9-15-13)11(3)12-7-6-8-12/h11-15H,4-10H2,1-3H3. The van der Waals surface area contributed by atoms with Crippen LogP contribution in [-0.4, -0.2) is 36.1 Å². The third-order valence-corrected chi connectivity index (χ3v) is 4.86. The van der Waals surface area contributed by atoms with Crippen molar-refractivity contribution in [2.24, 2.45) is 5.92 Å². The Morgan fingerprint density at radius 3 is 2.50 bits per heavy atom. The highest BCUT2D eigenvalue weighted by Gasteiger charge is 2.34. The molecule has 2 nitrogen and oxygen atoms in total. The molecule has 2 heteroatoms. The molecule has 0 aromatic heterocycles. The second-order valence-electron chi connectivity index (χ2n) is 5.70. The van der Waals surface area contributed by atoms with Crippen LogP contribution in [0.2, 0.25) is 0 Å². The van der Waals surface area contributed by atoms with Gasteiger partial charge in [-0.15, -0.1) is 0 Å². The summed E-state index contributed by atoms with van der Waals surface area (Å²) in [6.07, 6.45) is 6.97. The van der Waals surface area contributed by atoms with Crippen molar-refractivity contribution in [3.63, 3.8) is 0 Å². The molecule has 16 heavy (non-hydrogen) atoms. The van der Waals surface area contributed by atoms with E-state index in [4.69, 9.17) is 0 Å². The van der Waals surface area contributed by atoms with Gasteiger partial charge in [-0.3, -0.25) is 4.90 Å². The Balaban J connectivity index is 1.95. The zero-order valence-corrected chi connectivity index (χ0v) is 11.2. The van der Waals surface area contributed by atoms with Crippen LogP contribution in [0.5, 0.6) is 0 Å². The molecule has 3 atom stereocenters. The molecule has 2 rings (SSSR count). The van der Waals surface area contributed by atoms with Crippen molar-refractivity contribution in [1.82, 2.24) is 10.2 Å². The van der Waals surface area contributed by atoms with Gasteiger partial charge in [-0.2, -0.15) is 0 Å². The molecule has 1 heterocycles. The van der Waals surface area contributed by atoms with E-state index < -0.39 is 0 Å². The maximum absolute atomic E-state index is 3.69. The fourth-order valence-corrected chi connectivity index (χ4v) is 3.23. The number of nitrogens with zero attached hydrogens (tertiary/aromatic N) is 1. The van der Waals surface area contributed by atoms with Gasteiger partial charge in [0.05, 0.1) is 0 Å². The molecule has 1 saturated carbocycles. The van der Waals surface area contributed by atoms with Gasteiger partial charge < -0.3 is 5.32 Å². The van der Waals surface area contributed by atoms with Gasteiger partial charge in [0.2, 0.25) is 0 Å². The Morgan fingerprint density at radius 2 is 2.00 bits per heavy atom. The summed E-state index contributed by atoms with van der Waals surface area (Å²) in [5.41, 5.74) is 0. The summed E-state index contributed by atoms with van der Waals surface area (Å²) in [5, 5.41) is 3.69. The zero-order chi connectivity index (χ0) is 11.5. The van der Waals surface area contributed by atoms with Crippen molar-refractivity contribution >= 4 is 0 Å². The molecule has 1 aliphatic carbocycles. The maximum Gasteiger partial charge on any atom is 0.0221 e. The predicted octanol–water partition coefficient (Wildman–Crippen LogP) is 2.64. The van der Waals surface area contributed by atoms with Crippen LogP contribution in [0.4, 0.5) is 0 Å². The lowest BCUT2D eigenvalue weighted by atomic mass is 9.79. The number of hydrogen-bond acceptors (Lipinski definition) is 2. The van der Waals surface area contributed by atoms with Crippen LogP contribution in [0.15, 0.2) is 0 Å². The molecule has 2 fully saturated rings. The largest absolute Gasteiger partial charge is 0.311 e. The number of piperazine rings is 1. The highest BCUT2D eigenvalue weighted by molar-refractivity contribution is 4.91. The molecule has 0 radical (unpaired) electrons. The van der Waals surface area contributed by atoms with Gasteiger partial charge in [-0.25, -0.2) is 0 Å². The Bertz CT molecular complexity index is 213. The quantitative estimate of drug-likeness (QED) is 0.790. The molecular weight excluding hydrogens is 196 g/mol. The molecule has 0 aromatic carbocycles. The first-order chi connectivity index (χ1) is 7.76. The summed E-state index contributed by atoms with van der Waals surface area (Å²) in [6, 6.07) is 2.32. The molecular formula is C14H28N2. The van der Waals surface area contributed by atoms with Gasteiger partial charge >= 0.3 is 0 Å². The monoisotopic (exact) mass is 224 g/mol. The summed E-state index contributed by atoms with van der Waals surface area (Å²) in [6.45, 7) is 9.57. The minimum atomic E-state index is 0.727. The van der Waals surface area contributed by atoms with Crippen LogP contribution in [0.3, 0.4) is 0 Å². The van der Waals surface area contributed by atoms with Crippen molar-refractivity contribution in [2.75, 3.05) is 13.1 Å². The highest BCUT2D eigenvalue weighted by atomic mass is 15.3. The van der Waals surface area contributed by atoms with Crippen molar-refractivity contribution in [3.8, 4) is 0 Å². The fourth-order valence-electron chi connectivity index (χ4n) is 3.23. The Kier molecular flexibility index (Phi) is 4.26. The van der Waals surface area contributed by atoms with Crippen molar-refractivity contribution in [2.45, 2.75) is 71.0 Å². The second kappa shape index (κ2) is 5.50. The Labute approximate surface area is 101 Å². The molecule has 2 aliphatic rings. The predicted molar refractivity (Wildman–Crippen MR) is 69.7 cm³/mol. The Morgan fingerprint density at radius 1 is 1.25 bits per heavy atom. The lowest BCUT2D eigenvalue weighted by Gasteiger charge is -2.47. The van der Waals surface area contributed by atoms with E-state index in [2.05, 4.69) is 31.0 Å². The van der Waals surface area contributed by atoms with E-state index in [-0.39, 0.29) is 0 Å². The average Bonchev–Trinajstić information content (AvgIpc) is 2.25. The summed E-state index contributed by atoms with van der Waals surface area (Å²) in [5.74, 6) is 0.990. The van der Waals surface area contributed by atoms with Gasteiger partial charge in [-0.05, 0) is 38.5 Å². The second-order valence-corrected chi connectivity index (χ2v) is 5.70. The smallest absolute Gasteiger partial charge is 0.0221 e. The van der Waals surface area contributed by atoms with Gasteiger partial charge in [0.1, 0.15) is 0 Å². The molecule has 3 unspecified atom stereocenters. The third-order valence-electron chi connectivity index (χ3n) is 4.86. The van der Waals surface area contributed by atoms with E-state index in [0.29, 0.717) is 0 Å². The van der Waals surface area contributed by atoms with Crippen LogP contribution in [-0.2, 0) is 0 Å². The van der Waals surface area contributed by atoms with Crippen molar-refractivity contribution in [1.29, 1.82) is 0 Å². The minimum absolute atomic E-state index is 0.727. The van der Waals surface area contributed by atoms with Crippen LogP contribution in [0, 0.1) is 5.92 Å².